The van der Waals surface area contributed by atoms with E-state index < -0.39 is 22.1 Å². The quantitative estimate of drug-likeness (QED) is 0.284. The maximum atomic E-state index is 10.6. The van der Waals surface area contributed by atoms with Gasteiger partial charge in [-0.2, -0.15) is 0 Å². The van der Waals surface area contributed by atoms with Crippen molar-refractivity contribution in [1.82, 2.24) is 20.4 Å². The van der Waals surface area contributed by atoms with Crippen LogP contribution in [-0.2, 0) is 0 Å². The smallest absolute Gasteiger partial charge is 0.315 e. The van der Waals surface area contributed by atoms with Gasteiger partial charge in [0.1, 0.15) is 0 Å². The fourth-order valence-corrected chi connectivity index (χ4v) is 1.23. The molecule has 0 spiro atoms. The van der Waals surface area contributed by atoms with Crippen molar-refractivity contribution in [3.05, 3.63) is 22.2 Å². The van der Waals surface area contributed by atoms with Crippen molar-refractivity contribution in [2.45, 2.75) is 0 Å². The van der Waals surface area contributed by atoms with Gasteiger partial charge < -0.3 is 15.4 Å². The largest absolute Gasteiger partial charge is 0.504 e. The molecule has 17 heavy (non-hydrogen) atoms. The summed E-state index contributed by atoms with van der Waals surface area (Å²) in [5, 5.41) is 47.9. The van der Waals surface area contributed by atoms with Crippen molar-refractivity contribution in [1.29, 1.82) is 0 Å². The van der Waals surface area contributed by atoms with Crippen LogP contribution in [0.1, 0.15) is 0 Å². The Morgan fingerprint density at radius 3 is 2.59 bits per heavy atom. The number of phenolic OH excluding ortho intramolecular Hbond substituents is 2. The van der Waals surface area contributed by atoms with Gasteiger partial charge >= 0.3 is 5.69 Å². The first-order chi connectivity index (χ1) is 8.00. The van der Waals surface area contributed by atoms with Gasteiger partial charge in [-0.1, -0.05) is 4.85 Å². The Bertz CT molecular complexity index is 594. The SMILES string of the molecule is O=[N+]([O-])c1cc(-c2nnnn2O)cc(O)c1O. The molecule has 0 atom stereocenters. The lowest BCUT2D eigenvalue weighted by Crippen LogP contribution is -1.97. The molecule has 0 radical (unpaired) electrons. The second-order valence-corrected chi connectivity index (χ2v) is 3.01. The predicted octanol–water partition coefficient (Wildman–Crippen LogP) is -0.103. The third kappa shape index (κ3) is 1.67. The van der Waals surface area contributed by atoms with Gasteiger partial charge in [-0.3, -0.25) is 10.1 Å². The van der Waals surface area contributed by atoms with Crippen LogP contribution >= 0.6 is 0 Å². The Hall–Kier alpha value is -2.91. The topological polar surface area (TPSA) is 147 Å². The first-order valence-electron chi connectivity index (χ1n) is 4.19. The molecule has 10 heteroatoms. The molecule has 0 amide bonds. The van der Waals surface area contributed by atoms with Gasteiger partial charge in [0.15, 0.2) is 5.75 Å². The van der Waals surface area contributed by atoms with Crippen LogP contribution in [0.5, 0.6) is 11.5 Å². The fourth-order valence-electron chi connectivity index (χ4n) is 1.23. The molecule has 0 unspecified atom stereocenters. The predicted molar refractivity (Wildman–Crippen MR) is 50.4 cm³/mol. The summed E-state index contributed by atoms with van der Waals surface area (Å²) >= 11 is 0. The van der Waals surface area contributed by atoms with Crippen LogP contribution in [0.3, 0.4) is 0 Å². The molecule has 0 aliphatic carbocycles. The van der Waals surface area contributed by atoms with Gasteiger partial charge in [0.2, 0.25) is 11.6 Å². The number of hydrogen-bond donors (Lipinski definition) is 3. The zero-order valence-corrected chi connectivity index (χ0v) is 8.05. The molecule has 0 saturated heterocycles. The highest BCUT2D eigenvalue weighted by atomic mass is 16.6. The normalized spacial score (nSPS) is 10.4. The van der Waals surface area contributed by atoms with Crippen LogP contribution in [0.25, 0.3) is 11.4 Å². The average molecular weight is 239 g/mol. The second kappa shape index (κ2) is 3.59. The number of nitro benzene ring substituents is 1. The van der Waals surface area contributed by atoms with Crippen LogP contribution < -0.4 is 0 Å². The van der Waals surface area contributed by atoms with Crippen molar-refractivity contribution in [3.8, 4) is 22.9 Å². The number of phenols is 2. The number of aromatic nitrogens is 4. The number of benzene rings is 1. The Balaban J connectivity index is 2.65. The number of nitro groups is 1. The highest BCUT2D eigenvalue weighted by Gasteiger charge is 2.21. The van der Waals surface area contributed by atoms with Crippen molar-refractivity contribution >= 4 is 5.69 Å². The summed E-state index contributed by atoms with van der Waals surface area (Å²) in [4.78, 5) is 10.00. The van der Waals surface area contributed by atoms with Gasteiger partial charge in [0.05, 0.1) is 4.92 Å². The lowest BCUT2D eigenvalue weighted by Gasteiger charge is -2.02. The van der Waals surface area contributed by atoms with E-state index in [4.69, 9.17) is 5.21 Å². The minimum absolute atomic E-state index is 0.0144. The Kier molecular flexibility index (Phi) is 2.24. The Morgan fingerprint density at radius 1 is 1.35 bits per heavy atom. The van der Waals surface area contributed by atoms with Crippen molar-refractivity contribution < 1.29 is 20.3 Å². The summed E-state index contributed by atoms with van der Waals surface area (Å²) in [6.07, 6.45) is 0. The third-order valence-corrected chi connectivity index (χ3v) is 1.98. The van der Waals surface area contributed by atoms with Crippen LogP contribution in [0.4, 0.5) is 5.69 Å². The number of aromatic hydroxyl groups is 2. The van der Waals surface area contributed by atoms with Gasteiger partial charge in [-0.05, 0) is 16.5 Å². The van der Waals surface area contributed by atoms with Crippen molar-refractivity contribution in [2.75, 3.05) is 0 Å². The number of hydrogen-bond acceptors (Lipinski definition) is 8. The second-order valence-electron chi connectivity index (χ2n) is 3.01. The van der Waals surface area contributed by atoms with Crippen LogP contribution in [0.2, 0.25) is 0 Å². The molecular formula is C7H5N5O5. The molecule has 3 N–H and O–H groups in total. The van der Waals surface area contributed by atoms with E-state index in [1.54, 1.807) is 0 Å². The molecular weight excluding hydrogens is 234 g/mol. The molecule has 1 heterocycles. The van der Waals surface area contributed by atoms with Gasteiger partial charge in [-0.25, -0.2) is 0 Å². The number of rotatable bonds is 2. The molecule has 0 aliphatic rings. The molecule has 2 rings (SSSR count). The molecule has 0 fully saturated rings. The standard InChI is InChI=1S/C7H5N5O5/c13-5-2-3(7-8-9-10-11(7)15)1-4(6(5)14)12(16)17/h1-2,13-15H. The van der Waals surface area contributed by atoms with E-state index in [-0.39, 0.29) is 16.2 Å². The van der Waals surface area contributed by atoms with E-state index in [0.29, 0.717) is 0 Å². The van der Waals surface area contributed by atoms with E-state index in [2.05, 4.69) is 15.5 Å². The summed E-state index contributed by atoms with van der Waals surface area (Å²) in [5.41, 5.74) is -0.734. The van der Waals surface area contributed by atoms with Crippen LogP contribution in [-0.4, -0.2) is 40.7 Å². The van der Waals surface area contributed by atoms with Crippen LogP contribution in [0, 0.1) is 10.1 Å². The summed E-state index contributed by atoms with van der Waals surface area (Å²) in [7, 11) is 0. The molecule has 2 aromatic rings. The van der Waals surface area contributed by atoms with Gasteiger partial charge in [0, 0.05) is 11.6 Å². The molecule has 0 aliphatic heterocycles. The highest BCUT2D eigenvalue weighted by molar-refractivity contribution is 5.68. The average Bonchev–Trinajstić information content (AvgIpc) is 2.68. The van der Waals surface area contributed by atoms with E-state index in [1.807, 2.05) is 0 Å². The minimum atomic E-state index is -0.885. The van der Waals surface area contributed by atoms with E-state index in [0.717, 1.165) is 12.1 Å². The summed E-state index contributed by atoms with van der Waals surface area (Å²) in [6, 6.07) is 1.91. The van der Waals surface area contributed by atoms with E-state index >= 15 is 0 Å². The summed E-state index contributed by atoms with van der Waals surface area (Å²) in [5.74, 6) is -1.78. The Labute approximate surface area is 92.5 Å². The maximum absolute atomic E-state index is 10.6. The summed E-state index contributed by atoms with van der Waals surface area (Å²) < 4.78 is 0. The first kappa shape index (κ1) is 10.6. The third-order valence-electron chi connectivity index (χ3n) is 1.98. The molecule has 0 bridgehead atoms. The zero-order chi connectivity index (χ0) is 12.6. The van der Waals surface area contributed by atoms with Gasteiger partial charge in [-0.15, -0.1) is 5.10 Å². The van der Waals surface area contributed by atoms with E-state index in [9.17, 15) is 20.3 Å². The van der Waals surface area contributed by atoms with Crippen LogP contribution in [0.15, 0.2) is 12.1 Å². The first-order valence-corrected chi connectivity index (χ1v) is 4.19. The highest BCUT2D eigenvalue weighted by Crippen LogP contribution is 2.38. The number of nitrogens with zero attached hydrogens (tertiary/aromatic N) is 5. The fraction of sp³-hybridized carbons (Fsp3) is 0. The van der Waals surface area contributed by atoms with E-state index in [1.165, 1.54) is 0 Å². The Morgan fingerprint density at radius 2 is 2.06 bits per heavy atom. The van der Waals surface area contributed by atoms with Crippen molar-refractivity contribution in [2.24, 2.45) is 0 Å². The minimum Gasteiger partial charge on any atom is -0.504 e. The zero-order valence-electron chi connectivity index (χ0n) is 8.05. The van der Waals surface area contributed by atoms with Gasteiger partial charge in [0.25, 0.3) is 0 Å². The molecule has 10 nitrogen and oxygen atoms in total. The molecule has 0 saturated carbocycles. The molecule has 1 aromatic heterocycles. The molecule has 1 aromatic carbocycles. The van der Waals surface area contributed by atoms with Crippen molar-refractivity contribution in [3.63, 3.8) is 0 Å². The molecule has 88 valence electrons. The summed E-state index contributed by atoms with van der Waals surface area (Å²) in [6.45, 7) is 0. The lowest BCUT2D eigenvalue weighted by molar-refractivity contribution is -0.385. The lowest BCUT2D eigenvalue weighted by atomic mass is 10.1. The monoisotopic (exact) mass is 239 g/mol. The maximum Gasteiger partial charge on any atom is 0.315 e. The number of tetrazole rings is 1.